The minimum absolute atomic E-state index is 0.351. The van der Waals surface area contributed by atoms with Crippen molar-refractivity contribution in [2.45, 2.75) is 0 Å². The van der Waals surface area contributed by atoms with Crippen molar-refractivity contribution >= 4 is 44.2 Å². The molecule has 1 aliphatic rings. The van der Waals surface area contributed by atoms with Crippen molar-refractivity contribution in [1.82, 2.24) is 9.97 Å². The summed E-state index contributed by atoms with van der Waals surface area (Å²) in [6, 6.07) is 45.7. The summed E-state index contributed by atoms with van der Waals surface area (Å²) in [4.78, 5) is 9.06. The number of pyridine rings is 2. The lowest BCUT2D eigenvalue weighted by molar-refractivity contribution is 1.28. The number of rotatable bonds is 6. The molecule has 0 amide bonds. The Kier molecular flexibility index (Phi) is 7.25. The Morgan fingerprint density at radius 1 is 0.532 bits per heavy atom. The van der Waals surface area contributed by atoms with E-state index in [4.69, 9.17) is 10.4 Å². The lowest BCUT2D eigenvalue weighted by Crippen LogP contribution is -2.14. The molecule has 5 heteroatoms. The minimum Gasteiger partial charge on any atom is -0.299 e. The summed E-state index contributed by atoms with van der Waals surface area (Å²) in [7, 11) is 0. The number of hydrogen-bond acceptors (Lipinski definition) is 5. The molecule has 2 heterocycles. The van der Waals surface area contributed by atoms with Crippen molar-refractivity contribution in [3.8, 4) is 33.6 Å². The molecule has 0 saturated carbocycles. The fourth-order valence-electron chi connectivity index (χ4n) is 6.25. The first-order valence-corrected chi connectivity index (χ1v) is 15.5. The molecule has 5 nitrogen and oxygen atoms in total. The van der Waals surface area contributed by atoms with Gasteiger partial charge in [-0.2, -0.15) is 5.10 Å². The van der Waals surface area contributed by atoms with Crippen LogP contribution in [-0.2, 0) is 0 Å². The van der Waals surface area contributed by atoms with Crippen LogP contribution in [0, 0.1) is 5.41 Å². The van der Waals surface area contributed by atoms with Crippen LogP contribution in [0.4, 0.5) is 5.69 Å². The van der Waals surface area contributed by atoms with Crippen molar-refractivity contribution < 1.29 is 0 Å². The maximum atomic E-state index is 8.66. The number of nitrogens with zero attached hydrogens (tertiary/aromatic N) is 3. The number of benzene rings is 5. The summed E-state index contributed by atoms with van der Waals surface area (Å²) < 4.78 is 0. The number of nitrogens with one attached hydrogen (secondary N) is 2. The lowest BCUT2D eigenvalue weighted by Gasteiger charge is -2.19. The van der Waals surface area contributed by atoms with Gasteiger partial charge in [-0.25, -0.2) is 4.98 Å². The van der Waals surface area contributed by atoms with E-state index in [0.29, 0.717) is 11.4 Å². The molecule has 1 aliphatic carbocycles. The van der Waals surface area contributed by atoms with Gasteiger partial charge in [-0.05, 0) is 92.4 Å². The van der Waals surface area contributed by atoms with Gasteiger partial charge in [0.1, 0.15) is 5.71 Å². The number of fused-ring (bicyclic) bond motifs is 2. The molecule has 47 heavy (non-hydrogen) atoms. The van der Waals surface area contributed by atoms with E-state index in [9.17, 15) is 0 Å². The van der Waals surface area contributed by atoms with Crippen LogP contribution >= 0.6 is 0 Å². The highest BCUT2D eigenvalue weighted by Crippen LogP contribution is 2.42. The van der Waals surface area contributed by atoms with Gasteiger partial charge < -0.3 is 0 Å². The Morgan fingerprint density at radius 2 is 1.15 bits per heavy atom. The van der Waals surface area contributed by atoms with E-state index in [-0.39, 0.29) is 0 Å². The van der Waals surface area contributed by atoms with E-state index in [0.717, 1.165) is 39.3 Å². The SMILES string of the molecule is N=C1C=CC(c2c3ccccc3c(-c3ccccc3)c3ccccc23)=C/C1=N/Nc1ccc(-c2cccc(-c3cccnc3)n2)cc1. The highest BCUT2D eigenvalue weighted by molar-refractivity contribution is 6.52. The highest BCUT2D eigenvalue weighted by Gasteiger charge is 2.19. The average molecular weight is 604 g/mol. The second-order valence-corrected chi connectivity index (χ2v) is 11.4. The third-order valence-corrected chi connectivity index (χ3v) is 8.47. The quantitative estimate of drug-likeness (QED) is 0.113. The van der Waals surface area contributed by atoms with E-state index in [2.05, 4.69) is 94.4 Å². The van der Waals surface area contributed by atoms with Gasteiger partial charge in [0.15, 0.2) is 0 Å². The molecule has 0 saturated heterocycles. The van der Waals surface area contributed by atoms with Crippen molar-refractivity contribution in [1.29, 1.82) is 5.41 Å². The van der Waals surface area contributed by atoms with Crippen LogP contribution in [0.25, 0.3) is 60.8 Å². The number of hydrogen-bond donors (Lipinski definition) is 2. The second-order valence-electron chi connectivity index (χ2n) is 11.4. The fraction of sp³-hybridized carbons (Fsp3) is 0. The number of allylic oxidation sites excluding steroid dienone is 4. The molecule has 5 aromatic carbocycles. The van der Waals surface area contributed by atoms with E-state index in [1.165, 1.54) is 32.7 Å². The molecule has 0 bridgehead atoms. The van der Waals surface area contributed by atoms with Crippen LogP contribution in [0.15, 0.2) is 169 Å². The first kappa shape index (κ1) is 28.0. The monoisotopic (exact) mass is 603 g/mol. The summed E-state index contributed by atoms with van der Waals surface area (Å²) >= 11 is 0. The van der Waals surface area contributed by atoms with Gasteiger partial charge in [0.05, 0.1) is 22.8 Å². The van der Waals surface area contributed by atoms with Crippen LogP contribution in [-0.4, -0.2) is 21.4 Å². The molecular formula is C42H29N5. The van der Waals surface area contributed by atoms with E-state index >= 15 is 0 Å². The van der Waals surface area contributed by atoms with E-state index in [1.807, 2.05) is 79.0 Å². The molecule has 0 unspecified atom stereocenters. The number of hydrazone groups is 1. The minimum atomic E-state index is 0.351. The Balaban J connectivity index is 1.13. The number of aromatic nitrogens is 2. The van der Waals surface area contributed by atoms with Crippen LogP contribution in [0.1, 0.15) is 5.56 Å². The first-order chi connectivity index (χ1) is 23.2. The summed E-state index contributed by atoms with van der Waals surface area (Å²) in [6.45, 7) is 0. The molecule has 222 valence electrons. The van der Waals surface area contributed by atoms with Gasteiger partial charge >= 0.3 is 0 Å². The highest BCUT2D eigenvalue weighted by atomic mass is 15.3. The second kappa shape index (κ2) is 12.1. The van der Waals surface area contributed by atoms with Crippen molar-refractivity contribution in [2.24, 2.45) is 5.10 Å². The van der Waals surface area contributed by atoms with Crippen molar-refractivity contribution in [2.75, 3.05) is 5.43 Å². The summed E-state index contributed by atoms with van der Waals surface area (Å²) in [5.41, 5.74) is 13.2. The van der Waals surface area contributed by atoms with Crippen molar-refractivity contribution in [3.05, 3.63) is 170 Å². The van der Waals surface area contributed by atoms with Crippen LogP contribution in [0.2, 0.25) is 0 Å². The Morgan fingerprint density at radius 3 is 1.81 bits per heavy atom. The van der Waals surface area contributed by atoms with Gasteiger partial charge in [0, 0.05) is 23.5 Å². The molecule has 2 aromatic heterocycles. The molecule has 0 atom stereocenters. The summed E-state index contributed by atoms with van der Waals surface area (Å²) in [6.07, 6.45) is 9.44. The summed E-state index contributed by atoms with van der Waals surface area (Å²) in [5, 5.41) is 18.1. The maximum absolute atomic E-state index is 8.66. The largest absolute Gasteiger partial charge is 0.299 e. The van der Waals surface area contributed by atoms with E-state index in [1.54, 1.807) is 6.20 Å². The molecule has 0 radical (unpaired) electrons. The van der Waals surface area contributed by atoms with Gasteiger partial charge in [-0.15, -0.1) is 0 Å². The van der Waals surface area contributed by atoms with E-state index < -0.39 is 0 Å². The number of anilines is 1. The fourth-order valence-corrected chi connectivity index (χ4v) is 6.25. The predicted molar refractivity (Wildman–Crippen MR) is 196 cm³/mol. The lowest BCUT2D eigenvalue weighted by atomic mass is 9.84. The van der Waals surface area contributed by atoms with Gasteiger partial charge in [0.2, 0.25) is 0 Å². The first-order valence-electron chi connectivity index (χ1n) is 15.5. The molecule has 2 N–H and O–H groups in total. The zero-order valence-corrected chi connectivity index (χ0v) is 25.4. The smallest absolute Gasteiger partial charge is 0.109 e. The Bertz CT molecular complexity index is 2310. The zero-order valence-electron chi connectivity index (χ0n) is 25.4. The Labute approximate surface area is 272 Å². The predicted octanol–water partition coefficient (Wildman–Crippen LogP) is 10.2. The van der Waals surface area contributed by atoms with Crippen LogP contribution in [0.5, 0.6) is 0 Å². The molecule has 7 aromatic rings. The third-order valence-electron chi connectivity index (χ3n) is 8.47. The molecule has 8 rings (SSSR count). The molecular weight excluding hydrogens is 574 g/mol. The normalized spacial score (nSPS) is 13.7. The van der Waals surface area contributed by atoms with Crippen LogP contribution < -0.4 is 5.43 Å². The third kappa shape index (κ3) is 5.40. The zero-order chi connectivity index (χ0) is 31.6. The topological polar surface area (TPSA) is 74.0 Å². The molecule has 0 fully saturated rings. The van der Waals surface area contributed by atoms with Crippen molar-refractivity contribution in [3.63, 3.8) is 0 Å². The van der Waals surface area contributed by atoms with Gasteiger partial charge in [-0.3, -0.25) is 15.8 Å². The summed E-state index contributed by atoms with van der Waals surface area (Å²) in [5.74, 6) is 0. The van der Waals surface area contributed by atoms with Gasteiger partial charge in [-0.1, -0.05) is 103 Å². The van der Waals surface area contributed by atoms with Crippen LogP contribution in [0.3, 0.4) is 0 Å². The average Bonchev–Trinajstić information content (AvgIpc) is 3.14. The van der Waals surface area contributed by atoms with Gasteiger partial charge in [0.25, 0.3) is 0 Å². The standard InChI is InChI=1S/C42H29N5/c43-37-24-21-30(42-35-15-6-4-13-33(35)41(29-10-2-1-3-11-29)34-14-5-7-16-36(34)42)26-40(37)47-46-32-22-19-28(20-23-32)38-17-8-18-39(45-38)31-12-9-25-44-27-31/h1-27,43,46H/b43-37?,47-40-. The Hall–Kier alpha value is -6.46. The maximum Gasteiger partial charge on any atom is 0.109 e. The molecule has 0 spiro atoms. The molecule has 0 aliphatic heterocycles.